The van der Waals surface area contributed by atoms with Crippen molar-refractivity contribution in [1.29, 1.82) is 0 Å². The summed E-state index contributed by atoms with van der Waals surface area (Å²) in [4.78, 5) is -0.519. The molecule has 0 amide bonds. The van der Waals surface area contributed by atoms with Crippen molar-refractivity contribution in [3.8, 4) is 0 Å². The first kappa shape index (κ1) is 16.5. The monoisotopic (exact) mass is 355 g/mol. The van der Waals surface area contributed by atoms with Crippen molar-refractivity contribution in [3.05, 3.63) is 29.8 Å². The van der Waals surface area contributed by atoms with Crippen molar-refractivity contribution in [2.45, 2.75) is 30.6 Å². The molecule has 0 aromatic heterocycles. The minimum atomic E-state index is -3.90. The van der Waals surface area contributed by atoms with Gasteiger partial charge in [-0.2, -0.15) is 0 Å². The van der Waals surface area contributed by atoms with Crippen LogP contribution in [0.3, 0.4) is 0 Å². The van der Waals surface area contributed by atoms with Crippen molar-refractivity contribution in [2.24, 2.45) is 0 Å². The van der Waals surface area contributed by atoms with E-state index in [-0.39, 0.29) is 6.54 Å². The van der Waals surface area contributed by atoms with E-state index in [1.807, 2.05) is 0 Å². The topological polar surface area (TPSA) is 46.2 Å². The van der Waals surface area contributed by atoms with Crippen LogP contribution in [0, 0.1) is 11.6 Å². The van der Waals surface area contributed by atoms with Gasteiger partial charge in [0.1, 0.15) is 16.5 Å². The van der Waals surface area contributed by atoms with Crippen LogP contribution in [0.4, 0.5) is 8.78 Å². The highest BCUT2D eigenvalue weighted by Gasteiger charge is 2.18. The number of hydrogen-bond donors (Lipinski definition) is 1. The van der Waals surface area contributed by atoms with Crippen molar-refractivity contribution in [1.82, 2.24) is 4.72 Å². The van der Waals surface area contributed by atoms with E-state index in [9.17, 15) is 17.2 Å². The smallest absolute Gasteiger partial charge is 0.211 e. The SMILES string of the molecule is O=S(=O)(NCCCCCCBr)c1ccc(F)cc1F. The summed E-state index contributed by atoms with van der Waals surface area (Å²) in [6.45, 7) is 0.251. The van der Waals surface area contributed by atoms with Crippen molar-refractivity contribution < 1.29 is 17.2 Å². The quantitative estimate of drug-likeness (QED) is 0.574. The fraction of sp³-hybridized carbons (Fsp3) is 0.500. The third-order valence-electron chi connectivity index (χ3n) is 2.54. The van der Waals surface area contributed by atoms with E-state index < -0.39 is 26.6 Å². The van der Waals surface area contributed by atoms with Gasteiger partial charge in [0, 0.05) is 17.9 Å². The third-order valence-corrected chi connectivity index (χ3v) is 4.59. The molecular formula is C12H16BrF2NO2S. The molecule has 0 saturated carbocycles. The molecule has 0 heterocycles. The minimum absolute atomic E-state index is 0.251. The molecule has 0 unspecified atom stereocenters. The summed E-state index contributed by atoms with van der Waals surface area (Å²) < 4.78 is 51.9. The van der Waals surface area contributed by atoms with E-state index >= 15 is 0 Å². The van der Waals surface area contributed by atoms with E-state index in [0.717, 1.165) is 36.7 Å². The minimum Gasteiger partial charge on any atom is -0.211 e. The number of nitrogens with one attached hydrogen (secondary N) is 1. The second-order valence-electron chi connectivity index (χ2n) is 4.08. The summed E-state index contributed by atoms with van der Waals surface area (Å²) in [5.41, 5.74) is 0. The average molecular weight is 356 g/mol. The van der Waals surface area contributed by atoms with E-state index in [2.05, 4.69) is 20.7 Å². The van der Waals surface area contributed by atoms with Gasteiger partial charge in [-0.05, 0) is 25.0 Å². The Morgan fingerprint density at radius 3 is 2.42 bits per heavy atom. The van der Waals surface area contributed by atoms with Crippen LogP contribution in [0.2, 0.25) is 0 Å². The molecule has 7 heteroatoms. The molecule has 1 rings (SSSR count). The summed E-state index contributed by atoms with van der Waals surface area (Å²) in [6.07, 6.45) is 3.65. The highest BCUT2D eigenvalue weighted by molar-refractivity contribution is 9.09. The Labute approximate surface area is 120 Å². The van der Waals surface area contributed by atoms with E-state index in [1.54, 1.807) is 0 Å². The fourth-order valence-electron chi connectivity index (χ4n) is 1.55. The molecule has 19 heavy (non-hydrogen) atoms. The number of alkyl halides is 1. The second-order valence-corrected chi connectivity index (χ2v) is 6.60. The van der Waals surface area contributed by atoms with Gasteiger partial charge in [-0.25, -0.2) is 21.9 Å². The van der Waals surface area contributed by atoms with Crippen LogP contribution in [0.5, 0.6) is 0 Å². The zero-order valence-electron chi connectivity index (χ0n) is 10.3. The van der Waals surface area contributed by atoms with Gasteiger partial charge in [-0.1, -0.05) is 28.8 Å². The highest BCUT2D eigenvalue weighted by atomic mass is 79.9. The van der Waals surface area contributed by atoms with Gasteiger partial charge in [0.25, 0.3) is 0 Å². The molecule has 3 nitrogen and oxygen atoms in total. The number of halogens is 3. The van der Waals surface area contributed by atoms with Crippen molar-refractivity contribution >= 4 is 26.0 Å². The number of rotatable bonds is 8. The summed E-state index contributed by atoms with van der Waals surface area (Å²) in [5, 5.41) is 0.930. The van der Waals surface area contributed by atoms with Gasteiger partial charge < -0.3 is 0 Å². The Balaban J connectivity index is 2.52. The molecule has 0 bridgehead atoms. The lowest BCUT2D eigenvalue weighted by molar-refractivity contribution is 0.541. The molecule has 1 aromatic carbocycles. The molecule has 0 saturated heterocycles. The maximum atomic E-state index is 13.4. The van der Waals surface area contributed by atoms with Gasteiger partial charge in [-0.15, -0.1) is 0 Å². The van der Waals surface area contributed by atoms with Gasteiger partial charge in [0.2, 0.25) is 10.0 Å². The van der Waals surface area contributed by atoms with Crippen LogP contribution in [-0.2, 0) is 10.0 Å². The first-order valence-electron chi connectivity index (χ1n) is 5.98. The lowest BCUT2D eigenvalue weighted by atomic mass is 10.2. The molecule has 0 radical (unpaired) electrons. The Morgan fingerprint density at radius 1 is 1.11 bits per heavy atom. The predicted octanol–water partition coefficient (Wildman–Crippen LogP) is 3.20. The standard InChI is InChI=1S/C12H16BrF2NO2S/c13-7-3-1-2-4-8-16-19(17,18)12-6-5-10(14)9-11(12)15/h5-6,9,16H,1-4,7-8H2. The first-order valence-corrected chi connectivity index (χ1v) is 8.58. The average Bonchev–Trinajstić information content (AvgIpc) is 2.33. The Kier molecular flexibility index (Phi) is 6.88. The van der Waals surface area contributed by atoms with Crippen LogP contribution in [-0.4, -0.2) is 20.3 Å². The number of unbranched alkanes of at least 4 members (excludes halogenated alkanes) is 3. The Hall–Kier alpha value is -0.530. The largest absolute Gasteiger partial charge is 0.243 e. The maximum absolute atomic E-state index is 13.4. The van der Waals surface area contributed by atoms with Crippen molar-refractivity contribution in [2.75, 3.05) is 11.9 Å². The molecule has 0 spiro atoms. The molecule has 1 N–H and O–H groups in total. The van der Waals surface area contributed by atoms with Crippen LogP contribution in [0.25, 0.3) is 0 Å². The van der Waals surface area contributed by atoms with Crippen molar-refractivity contribution in [3.63, 3.8) is 0 Å². The normalized spacial score (nSPS) is 11.7. The number of benzene rings is 1. The lowest BCUT2D eigenvalue weighted by Gasteiger charge is -2.07. The lowest BCUT2D eigenvalue weighted by Crippen LogP contribution is -2.25. The predicted molar refractivity (Wildman–Crippen MR) is 73.8 cm³/mol. The third kappa shape index (κ3) is 5.54. The Morgan fingerprint density at radius 2 is 1.79 bits per heavy atom. The summed E-state index contributed by atoms with van der Waals surface area (Å²) >= 11 is 3.31. The zero-order chi connectivity index (χ0) is 14.3. The molecule has 0 aliphatic heterocycles. The molecule has 1 aromatic rings. The van der Waals surface area contributed by atoms with E-state index in [4.69, 9.17) is 0 Å². The van der Waals surface area contributed by atoms with Gasteiger partial charge in [-0.3, -0.25) is 0 Å². The molecule has 108 valence electrons. The summed E-state index contributed by atoms with van der Waals surface area (Å²) in [5.74, 6) is -1.88. The van der Waals surface area contributed by atoms with Crippen LogP contribution in [0.15, 0.2) is 23.1 Å². The van der Waals surface area contributed by atoms with E-state index in [0.29, 0.717) is 12.5 Å². The van der Waals surface area contributed by atoms with Crippen LogP contribution in [0.1, 0.15) is 25.7 Å². The molecule has 0 aliphatic rings. The van der Waals surface area contributed by atoms with Gasteiger partial charge >= 0.3 is 0 Å². The maximum Gasteiger partial charge on any atom is 0.243 e. The Bertz CT molecular complexity index is 508. The second kappa shape index (κ2) is 7.91. The summed E-state index contributed by atoms with van der Waals surface area (Å²) in [7, 11) is -3.90. The number of sulfonamides is 1. The summed E-state index contributed by atoms with van der Waals surface area (Å²) in [6, 6.07) is 2.41. The van der Waals surface area contributed by atoms with Crippen LogP contribution >= 0.6 is 15.9 Å². The fourth-order valence-corrected chi connectivity index (χ4v) is 3.08. The molecule has 0 atom stereocenters. The van der Waals surface area contributed by atoms with Crippen LogP contribution < -0.4 is 4.72 Å². The van der Waals surface area contributed by atoms with E-state index in [1.165, 1.54) is 0 Å². The zero-order valence-corrected chi connectivity index (χ0v) is 12.7. The molecule has 0 fully saturated rings. The first-order chi connectivity index (χ1) is 8.97. The highest BCUT2D eigenvalue weighted by Crippen LogP contribution is 2.15. The van der Waals surface area contributed by atoms with Gasteiger partial charge in [0.15, 0.2) is 0 Å². The molecule has 0 aliphatic carbocycles. The number of hydrogen-bond acceptors (Lipinski definition) is 2. The van der Waals surface area contributed by atoms with Gasteiger partial charge in [0.05, 0.1) is 0 Å². The molecular weight excluding hydrogens is 340 g/mol.